The molecule has 1 heterocycles. The molecule has 1 aromatic carbocycles. The molecular weight excluding hydrogens is 174 g/mol. The second kappa shape index (κ2) is 3.45. The summed E-state index contributed by atoms with van der Waals surface area (Å²) in [6.07, 6.45) is 2.01. The maximum atomic E-state index is 11.8. The van der Waals surface area contributed by atoms with Crippen molar-refractivity contribution in [2.75, 3.05) is 6.54 Å². The number of benzene rings is 1. The predicted octanol–water partition coefficient (Wildman–Crippen LogP) is 1.85. The third-order valence-corrected chi connectivity index (χ3v) is 3.05. The number of rotatable bonds is 1. The molecule has 2 heteroatoms. The summed E-state index contributed by atoms with van der Waals surface area (Å²) in [4.78, 5) is 11.8. The maximum Gasteiger partial charge on any atom is 0.230 e. The minimum atomic E-state index is -0.320. The molecule has 2 rings (SSSR count). The molecule has 74 valence electrons. The molecular formula is C12H15NO. The fourth-order valence-corrected chi connectivity index (χ4v) is 2.03. The Balaban J connectivity index is 2.35. The Morgan fingerprint density at radius 2 is 2.00 bits per heavy atom. The van der Waals surface area contributed by atoms with Crippen LogP contribution in [-0.4, -0.2) is 12.5 Å². The largest absolute Gasteiger partial charge is 0.355 e. The molecule has 0 aromatic heterocycles. The van der Waals surface area contributed by atoms with Crippen LogP contribution < -0.4 is 5.32 Å². The van der Waals surface area contributed by atoms with Crippen molar-refractivity contribution in [3.63, 3.8) is 0 Å². The van der Waals surface area contributed by atoms with Crippen molar-refractivity contribution >= 4 is 5.91 Å². The van der Waals surface area contributed by atoms with Crippen molar-refractivity contribution in [2.45, 2.75) is 25.2 Å². The van der Waals surface area contributed by atoms with Gasteiger partial charge in [0.15, 0.2) is 0 Å². The minimum absolute atomic E-state index is 0.162. The molecule has 1 atom stereocenters. The summed E-state index contributed by atoms with van der Waals surface area (Å²) in [7, 11) is 0. The predicted molar refractivity (Wildman–Crippen MR) is 56.0 cm³/mol. The fraction of sp³-hybridized carbons (Fsp3) is 0.417. The van der Waals surface area contributed by atoms with Crippen LogP contribution in [0.2, 0.25) is 0 Å². The molecule has 1 fully saturated rings. The highest BCUT2D eigenvalue weighted by Crippen LogP contribution is 2.31. The van der Waals surface area contributed by atoms with Gasteiger partial charge in [0, 0.05) is 6.54 Å². The molecule has 1 amide bonds. The van der Waals surface area contributed by atoms with Gasteiger partial charge in [-0.15, -0.1) is 0 Å². The third kappa shape index (κ3) is 1.41. The number of carbonyl (C=O) groups excluding carboxylic acids is 1. The van der Waals surface area contributed by atoms with E-state index in [1.807, 2.05) is 37.3 Å². The van der Waals surface area contributed by atoms with Gasteiger partial charge in [-0.1, -0.05) is 30.3 Å². The van der Waals surface area contributed by atoms with E-state index < -0.39 is 0 Å². The first-order valence-corrected chi connectivity index (χ1v) is 5.07. The minimum Gasteiger partial charge on any atom is -0.355 e. The van der Waals surface area contributed by atoms with Gasteiger partial charge in [0.1, 0.15) is 0 Å². The number of carbonyl (C=O) groups is 1. The van der Waals surface area contributed by atoms with E-state index >= 15 is 0 Å². The summed E-state index contributed by atoms with van der Waals surface area (Å²) >= 11 is 0. The molecule has 0 aliphatic carbocycles. The average Bonchev–Trinajstić information content (AvgIpc) is 2.24. The number of amides is 1. The summed E-state index contributed by atoms with van der Waals surface area (Å²) in [5, 5.41) is 2.93. The fourth-order valence-electron chi connectivity index (χ4n) is 2.03. The lowest BCUT2D eigenvalue weighted by Gasteiger charge is -2.32. The molecule has 1 aliphatic heterocycles. The highest BCUT2D eigenvalue weighted by molar-refractivity contribution is 5.88. The Hall–Kier alpha value is -1.31. The smallest absolute Gasteiger partial charge is 0.230 e. The van der Waals surface area contributed by atoms with E-state index in [0.717, 1.165) is 24.9 Å². The van der Waals surface area contributed by atoms with E-state index in [2.05, 4.69) is 5.32 Å². The molecule has 0 bridgehead atoms. The Bertz CT molecular complexity index is 333. The Kier molecular flexibility index (Phi) is 2.28. The van der Waals surface area contributed by atoms with E-state index in [9.17, 15) is 4.79 Å². The van der Waals surface area contributed by atoms with Gasteiger partial charge in [0.2, 0.25) is 5.91 Å². The molecule has 0 saturated carbocycles. The van der Waals surface area contributed by atoms with Gasteiger partial charge >= 0.3 is 0 Å². The number of nitrogens with one attached hydrogen (secondary N) is 1. The first-order chi connectivity index (χ1) is 6.73. The van der Waals surface area contributed by atoms with E-state index in [0.29, 0.717) is 0 Å². The molecule has 2 nitrogen and oxygen atoms in total. The van der Waals surface area contributed by atoms with Crippen LogP contribution in [0.25, 0.3) is 0 Å². The summed E-state index contributed by atoms with van der Waals surface area (Å²) in [6.45, 7) is 2.85. The topological polar surface area (TPSA) is 29.1 Å². The van der Waals surface area contributed by atoms with Crippen LogP contribution in [0, 0.1) is 0 Å². The van der Waals surface area contributed by atoms with E-state index in [1.54, 1.807) is 0 Å². The SMILES string of the molecule is CC1(c2ccccc2)CCCNC1=O. The van der Waals surface area contributed by atoms with Crippen LogP contribution >= 0.6 is 0 Å². The van der Waals surface area contributed by atoms with Gasteiger partial charge in [0.25, 0.3) is 0 Å². The second-order valence-electron chi connectivity index (χ2n) is 4.06. The molecule has 1 unspecified atom stereocenters. The summed E-state index contributed by atoms with van der Waals surface area (Å²) in [5.74, 6) is 0.162. The Morgan fingerprint density at radius 1 is 1.29 bits per heavy atom. The highest BCUT2D eigenvalue weighted by atomic mass is 16.2. The van der Waals surface area contributed by atoms with E-state index in [4.69, 9.17) is 0 Å². The Morgan fingerprint density at radius 3 is 2.64 bits per heavy atom. The lowest BCUT2D eigenvalue weighted by atomic mass is 9.76. The summed E-state index contributed by atoms with van der Waals surface area (Å²) in [5.41, 5.74) is 0.802. The monoisotopic (exact) mass is 189 g/mol. The van der Waals surface area contributed by atoms with Gasteiger partial charge in [-0.3, -0.25) is 4.79 Å². The molecule has 0 spiro atoms. The first kappa shape index (κ1) is 9.25. The van der Waals surface area contributed by atoms with Crippen molar-refractivity contribution < 1.29 is 4.79 Å². The van der Waals surface area contributed by atoms with Crippen molar-refractivity contribution in [3.05, 3.63) is 35.9 Å². The van der Waals surface area contributed by atoms with Crippen molar-refractivity contribution in [1.29, 1.82) is 0 Å². The van der Waals surface area contributed by atoms with Crippen molar-refractivity contribution in [1.82, 2.24) is 5.32 Å². The van der Waals surface area contributed by atoms with Gasteiger partial charge in [0.05, 0.1) is 5.41 Å². The van der Waals surface area contributed by atoms with Crippen LogP contribution in [0.4, 0.5) is 0 Å². The summed E-state index contributed by atoms with van der Waals surface area (Å²) < 4.78 is 0. The van der Waals surface area contributed by atoms with Crippen molar-refractivity contribution in [2.24, 2.45) is 0 Å². The lowest BCUT2D eigenvalue weighted by Crippen LogP contribution is -2.46. The summed E-state index contributed by atoms with van der Waals surface area (Å²) in [6, 6.07) is 10.0. The van der Waals surface area contributed by atoms with Crippen LogP contribution in [0.3, 0.4) is 0 Å². The quantitative estimate of drug-likeness (QED) is 0.717. The highest BCUT2D eigenvalue weighted by Gasteiger charge is 2.36. The van der Waals surface area contributed by atoms with Crippen LogP contribution in [-0.2, 0) is 10.2 Å². The number of hydrogen-bond acceptors (Lipinski definition) is 1. The molecule has 1 N–H and O–H groups in total. The van der Waals surface area contributed by atoms with E-state index in [-0.39, 0.29) is 11.3 Å². The zero-order valence-corrected chi connectivity index (χ0v) is 8.42. The standard InChI is InChI=1S/C12H15NO/c1-12(8-5-9-13-11(12)14)10-6-3-2-4-7-10/h2-4,6-7H,5,8-9H2,1H3,(H,13,14). The average molecular weight is 189 g/mol. The second-order valence-corrected chi connectivity index (χ2v) is 4.06. The van der Waals surface area contributed by atoms with Crippen molar-refractivity contribution in [3.8, 4) is 0 Å². The molecule has 1 saturated heterocycles. The van der Waals surface area contributed by atoms with Gasteiger partial charge in [-0.05, 0) is 25.3 Å². The Labute approximate surface area is 84.3 Å². The zero-order valence-electron chi connectivity index (χ0n) is 8.42. The van der Waals surface area contributed by atoms with Gasteiger partial charge < -0.3 is 5.32 Å². The number of hydrogen-bond donors (Lipinski definition) is 1. The maximum absolute atomic E-state index is 11.8. The lowest BCUT2D eigenvalue weighted by molar-refractivity contribution is -0.127. The number of piperidine rings is 1. The third-order valence-electron chi connectivity index (χ3n) is 3.05. The zero-order chi connectivity index (χ0) is 10.0. The molecule has 1 aromatic rings. The van der Waals surface area contributed by atoms with Crippen LogP contribution in [0.1, 0.15) is 25.3 Å². The molecule has 1 aliphatic rings. The van der Waals surface area contributed by atoms with Crippen LogP contribution in [0.15, 0.2) is 30.3 Å². The molecule has 0 radical (unpaired) electrons. The molecule has 14 heavy (non-hydrogen) atoms. The normalized spacial score (nSPS) is 27.1. The van der Waals surface area contributed by atoms with Gasteiger partial charge in [-0.2, -0.15) is 0 Å². The van der Waals surface area contributed by atoms with Gasteiger partial charge in [-0.25, -0.2) is 0 Å². The first-order valence-electron chi connectivity index (χ1n) is 5.07. The van der Waals surface area contributed by atoms with Crippen LogP contribution in [0.5, 0.6) is 0 Å². The van der Waals surface area contributed by atoms with E-state index in [1.165, 1.54) is 0 Å².